The summed E-state index contributed by atoms with van der Waals surface area (Å²) < 4.78 is 27.7. The van der Waals surface area contributed by atoms with Crippen LogP contribution >= 0.6 is 15.9 Å². The Bertz CT molecular complexity index is 665. The fourth-order valence-corrected chi connectivity index (χ4v) is 2.18. The summed E-state index contributed by atoms with van der Waals surface area (Å²) in [7, 11) is 0. The molecule has 0 aliphatic rings. The molecule has 0 amide bonds. The van der Waals surface area contributed by atoms with Crippen molar-refractivity contribution in [3.05, 3.63) is 68.7 Å². The van der Waals surface area contributed by atoms with Crippen LogP contribution in [0.5, 0.6) is 0 Å². The minimum absolute atomic E-state index is 0.0718. The number of rotatable bonds is 2. The van der Waals surface area contributed by atoms with Gasteiger partial charge in [-0.1, -0.05) is 17.7 Å². The summed E-state index contributed by atoms with van der Waals surface area (Å²) in [6.07, 6.45) is 0. The predicted octanol–water partition coefficient (Wildman–Crippen LogP) is 4.58. The first-order valence-electron chi connectivity index (χ1n) is 5.67. The summed E-state index contributed by atoms with van der Waals surface area (Å²) in [5, 5.41) is 0. The fourth-order valence-electron chi connectivity index (χ4n) is 1.85. The van der Waals surface area contributed by atoms with Crippen LogP contribution in [0.15, 0.2) is 34.8 Å². The van der Waals surface area contributed by atoms with Gasteiger partial charge in [0.2, 0.25) is 0 Å². The molecule has 19 heavy (non-hydrogen) atoms. The minimum atomic E-state index is -0.870. The first-order valence-corrected chi connectivity index (χ1v) is 6.46. The second-order valence-electron chi connectivity index (χ2n) is 4.37. The highest BCUT2D eigenvalue weighted by Crippen LogP contribution is 2.25. The Morgan fingerprint density at radius 1 is 1.11 bits per heavy atom. The van der Waals surface area contributed by atoms with Gasteiger partial charge in [-0.3, -0.25) is 4.79 Å². The Hall–Kier alpha value is -1.55. The van der Waals surface area contributed by atoms with Crippen molar-refractivity contribution < 1.29 is 13.6 Å². The minimum Gasteiger partial charge on any atom is -0.288 e. The number of aryl methyl sites for hydroxylation is 2. The Morgan fingerprint density at radius 2 is 1.79 bits per heavy atom. The standard InChI is InChI=1S/C15H11BrF2O/c1-8-3-4-9(2)10(7-8)15(19)13-12(17)6-5-11(16)14(13)18/h3-7H,1-2H3. The van der Waals surface area contributed by atoms with Gasteiger partial charge < -0.3 is 0 Å². The quantitative estimate of drug-likeness (QED) is 0.584. The monoisotopic (exact) mass is 324 g/mol. The molecule has 0 aliphatic carbocycles. The maximum Gasteiger partial charge on any atom is 0.199 e. The SMILES string of the molecule is Cc1ccc(C)c(C(=O)c2c(F)ccc(Br)c2F)c1. The van der Waals surface area contributed by atoms with Crippen LogP contribution in [0.2, 0.25) is 0 Å². The van der Waals surface area contributed by atoms with Crippen LogP contribution in [0.1, 0.15) is 27.0 Å². The van der Waals surface area contributed by atoms with E-state index in [4.69, 9.17) is 0 Å². The van der Waals surface area contributed by atoms with E-state index >= 15 is 0 Å². The molecule has 98 valence electrons. The van der Waals surface area contributed by atoms with Crippen molar-refractivity contribution >= 4 is 21.7 Å². The Balaban J connectivity index is 2.63. The van der Waals surface area contributed by atoms with Gasteiger partial charge in [0, 0.05) is 5.56 Å². The highest BCUT2D eigenvalue weighted by Gasteiger charge is 2.22. The van der Waals surface area contributed by atoms with Gasteiger partial charge in [0.05, 0.1) is 10.0 Å². The smallest absolute Gasteiger partial charge is 0.199 e. The van der Waals surface area contributed by atoms with E-state index in [1.807, 2.05) is 13.0 Å². The Morgan fingerprint density at radius 3 is 2.47 bits per heavy atom. The van der Waals surface area contributed by atoms with E-state index in [-0.39, 0.29) is 4.47 Å². The Kier molecular flexibility index (Phi) is 3.80. The molecule has 0 spiro atoms. The normalized spacial score (nSPS) is 10.6. The van der Waals surface area contributed by atoms with Gasteiger partial charge >= 0.3 is 0 Å². The molecule has 2 aromatic rings. The molecule has 4 heteroatoms. The molecule has 0 saturated carbocycles. The second-order valence-corrected chi connectivity index (χ2v) is 5.22. The largest absolute Gasteiger partial charge is 0.288 e. The first-order chi connectivity index (χ1) is 8.91. The molecule has 0 atom stereocenters. The van der Waals surface area contributed by atoms with Crippen molar-refractivity contribution in [3.8, 4) is 0 Å². The van der Waals surface area contributed by atoms with E-state index < -0.39 is 23.0 Å². The maximum atomic E-state index is 13.9. The summed E-state index contributed by atoms with van der Waals surface area (Å²) in [6, 6.07) is 7.56. The molecule has 2 aromatic carbocycles. The van der Waals surface area contributed by atoms with E-state index in [9.17, 15) is 13.6 Å². The topological polar surface area (TPSA) is 17.1 Å². The molecule has 0 heterocycles. The van der Waals surface area contributed by atoms with Crippen molar-refractivity contribution in [1.82, 2.24) is 0 Å². The van der Waals surface area contributed by atoms with Gasteiger partial charge in [0.25, 0.3) is 0 Å². The number of hydrogen-bond donors (Lipinski definition) is 0. The lowest BCUT2D eigenvalue weighted by atomic mass is 9.97. The average molecular weight is 325 g/mol. The molecule has 0 aliphatic heterocycles. The van der Waals surface area contributed by atoms with Gasteiger partial charge in [-0.25, -0.2) is 8.78 Å². The summed E-state index contributed by atoms with van der Waals surface area (Å²) in [5.41, 5.74) is 1.35. The lowest BCUT2D eigenvalue weighted by Crippen LogP contribution is -2.10. The zero-order valence-electron chi connectivity index (χ0n) is 10.4. The van der Waals surface area contributed by atoms with Crippen LogP contribution in [0.3, 0.4) is 0 Å². The molecule has 0 radical (unpaired) electrons. The van der Waals surface area contributed by atoms with Crippen molar-refractivity contribution in [2.75, 3.05) is 0 Å². The van der Waals surface area contributed by atoms with Crippen molar-refractivity contribution in [1.29, 1.82) is 0 Å². The number of halogens is 3. The number of ketones is 1. The zero-order chi connectivity index (χ0) is 14.2. The van der Waals surface area contributed by atoms with E-state index in [1.165, 1.54) is 6.07 Å². The van der Waals surface area contributed by atoms with Gasteiger partial charge in [-0.05, 0) is 53.5 Å². The Labute approximate surface area is 118 Å². The van der Waals surface area contributed by atoms with Crippen LogP contribution in [-0.2, 0) is 0 Å². The summed E-state index contributed by atoms with van der Waals surface area (Å²) in [6.45, 7) is 3.56. The molecule has 1 nitrogen and oxygen atoms in total. The third-order valence-electron chi connectivity index (χ3n) is 2.91. The third-order valence-corrected chi connectivity index (χ3v) is 3.52. The number of benzene rings is 2. The van der Waals surface area contributed by atoms with Crippen LogP contribution in [0, 0.1) is 25.5 Å². The molecule has 0 unspecified atom stereocenters. The molecular formula is C15H11BrF2O. The van der Waals surface area contributed by atoms with Gasteiger partial charge in [0.15, 0.2) is 11.6 Å². The summed E-state index contributed by atoms with van der Waals surface area (Å²) >= 11 is 2.96. The highest BCUT2D eigenvalue weighted by atomic mass is 79.9. The zero-order valence-corrected chi connectivity index (χ0v) is 12.0. The van der Waals surface area contributed by atoms with Crippen molar-refractivity contribution in [2.24, 2.45) is 0 Å². The van der Waals surface area contributed by atoms with Gasteiger partial charge in [0.1, 0.15) is 5.82 Å². The lowest BCUT2D eigenvalue weighted by Gasteiger charge is -2.09. The molecule has 0 saturated heterocycles. The number of carbonyl (C=O) groups is 1. The van der Waals surface area contributed by atoms with E-state index in [2.05, 4.69) is 15.9 Å². The summed E-state index contributed by atoms with van der Waals surface area (Å²) in [4.78, 5) is 12.3. The lowest BCUT2D eigenvalue weighted by molar-refractivity contribution is 0.103. The van der Waals surface area contributed by atoms with E-state index in [1.54, 1.807) is 19.1 Å². The fraction of sp³-hybridized carbons (Fsp3) is 0.133. The molecule has 0 fully saturated rings. The molecule has 0 bridgehead atoms. The van der Waals surface area contributed by atoms with E-state index in [0.717, 1.165) is 11.6 Å². The molecule has 0 aromatic heterocycles. The molecule has 0 N–H and O–H groups in total. The van der Waals surface area contributed by atoms with Crippen LogP contribution in [-0.4, -0.2) is 5.78 Å². The van der Waals surface area contributed by atoms with E-state index in [0.29, 0.717) is 11.1 Å². The molecular weight excluding hydrogens is 314 g/mol. The highest BCUT2D eigenvalue weighted by molar-refractivity contribution is 9.10. The van der Waals surface area contributed by atoms with Crippen LogP contribution < -0.4 is 0 Å². The van der Waals surface area contributed by atoms with Gasteiger partial charge in [-0.2, -0.15) is 0 Å². The van der Waals surface area contributed by atoms with Crippen molar-refractivity contribution in [3.63, 3.8) is 0 Å². The third kappa shape index (κ3) is 2.59. The predicted molar refractivity (Wildman–Crippen MR) is 73.4 cm³/mol. The number of carbonyl (C=O) groups excluding carboxylic acids is 1. The number of hydrogen-bond acceptors (Lipinski definition) is 1. The van der Waals surface area contributed by atoms with Gasteiger partial charge in [-0.15, -0.1) is 0 Å². The maximum absolute atomic E-state index is 13.9. The second kappa shape index (κ2) is 5.21. The summed E-state index contributed by atoms with van der Waals surface area (Å²) in [5.74, 6) is -2.37. The molecule has 2 rings (SSSR count). The van der Waals surface area contributed by atoms with Crippen molar-refractivity contribution in [2.45, 2.75) is 13.8 Å². The van der Waals surface area contributed by atoms with Crippen LogP contribution in [0.25, 0.3) is 0 Å². The first kappa shape index (κ1) is 13.9. The average Bonchev–Trinajstić information content (AvgIpc) is 2.37. The van der Waals surface area contributed by atoms with Crippen LogP contribution in [0.4, 0.5) is 8.78 Å².